The minimum Gasteiger partial charge on any atom is -0.484 e. The number of rotatable bonds is 4. The summed E-state index contributed by atoms with van der Waals surface area (Å²) in [7, 11) is 0. The largest absolute Gasteiger partial charge is 0.484 e. The minimum absolute atomic E-state index is 0.00570. The zero-order chi connectivity index (χ0) is 15.0. The third kappa shape index (κ3) is 3.68. The molecule has 2 unspecified atom stereocenters. The summed E-state index contributed by atoms with van der Waals surface area (Å²) in [6.45, 7) is -1.32. The topological polar surface area (TPSA) is 38.3 Å². The van der Waals surface area contributed by atoms with Gasteiger partial charge in [-0.25, -0.2) is 0 Å². The number of amides is 1. The van der Waals surface area contributed by atoms with E-state index in [1.54, 1.807) is 12.1 Å². The van der Waals surface area contributed by atoms with E-state index < -0.39 is 12.8 Å². The second-order valence-corrected chi connectivity index (χ2v) is 5.84. The Bertz CT molecular complexity index is 517. The molecule has 2 aliphatic rings. The molecule has 0 radical (unpaired) electrons. The summed E-state index contributed by atoms with van der Waals surface area (Å²) < 4.78 is 40.7. The van der Waals surface area contributed by atoms with Crippen LogP contribution in [0.2, 0.25) is 0 Å². The van der Waals surface area contributed by atoms with Crippen molar-refractivity contribution in [1.82, 2.24) is 0 Å². The Morgan fingerprint density at radius 3 is 2.33 bits per heavy atom. The molecule has 6 heteroatoms. The quantitative estimate of drug-likeness (QED) is 0.922. The number of carbonyl (C=O) groups is 1. The van der Waals surface area contributed by atoms with Crippen molar-refractivity contribution in [3.05, 3.63) is 24.3 Å². The molecule has 3 rings (SSSR count). The van der Waals surface area contributed by atoms with Crippen molar-refractivity contribution in [1.29, 1.82) is 0 Å². The molecular formula is C15H16F3NO2. The standard InChI is InChI=1S/C15H16F3NO2/c16-15(17,18)8-21-13-3-1-12(2-4-13)19-14(20)11-6-9-5-10(9)7-11/h1-4,9-11H,5-8H2,(H,19,20). The van der Waals surface area contributed by atoms with Crippen LogP contribution in [0.25, 0.3) is 0 Å². The van der Waals surface area contributed by atoms with E-state index >= 15 is 0 Å². The lowest BCUT2D eigenvalue weighted by Gasteiger charge is -2.13. The van der Waals surface area contributed by atoms with Gasteiger partial charge in [-0.1, -0.05) is 0 Å². The lowest BCUT2D eigenvalue weighted by Crippen LogP contribution is -2.21. The van der Waals surface area contributed by atoms with E-state index in [0.29, 0.717) is 5.69 Å². The molecule has 2 saturated carbocycles. The number of halogens is 3. The second kappa shape index (κ2) is 5.24. The molecule has 1 N–H and O–H groups in total. The molecule has 2 fully saturated rings. The molecule has 2 atom stereocenters. The van der Waals surface area contributed by atoms with Crippen LogP contribution in [-0.4, -0.2) is 18.7 Å². The molecule has 1 aromatic carbocycles. The van der Waals surface area contributed by atoms with E-state index in [1.807, 2.05) is 0 Å². The fourth-order valence-corrected chi connectivity index (χ4v) is 2.97. The Morgan fingerprint density at radius 1 is 1.14 bits per heavy atom. The fraction of sp³-hybridized carbons (Fsp3) is 0.533. The van der Waals surface area contributed by atoms with Crippen LogP contribution in [0, 0.1) is 17.8 Å². The highest BCUT2D eigenvalue weighted by molar-refractivity contribution is 5.92. The van der Waals surface area contributed by atoms with Gasteiger partial charge in [0.2, 0.25) is 5.91 Å². The van der Waals surface area contributed by atoms with Gasteiger partial charge in [0.1, 0.15) is 5.75 Å². The van der Waals surface area contributed by atoms with Gasteiger partial charge in [-0.3, -0.25) is 4.79 Å². The summed E-state index contributed by atoms with van der Waals surface area (Å²) in [5.74, 6) is 1.69. The summed E-state index contributed by atoms with van der Waals surface area (Å²) >= 11 is 0. The summed E-state index contributed by atoms with van der Waals surface area (Å²) in [5, 5.41) is 2.81. The van der Waals surface area contributed by atoms with Gasteiger partial charge in [0.15, 0.2) is 6.61 Å². The lowest BCUT2D eigenvalue weighted by atomic mass is 10.0. The number of fused-ring (bicyclic) bond motifs is 1. The maximum atomic E-state index is 12.0. The zero-order valence-corrected chi connectivity index (χ0v) is 11.3. The van der Waals surface area contributed by atoms with E-state index in [-0.39, 0.29) is 17.6 Å². The van der Waals surface area contributed by atoms with E-state index in [0.717, 1.165) is 24.7 Å². The average molecular weight is 299 g/mol. The molecule has 0 aliphatic heterocycles. The van der Waals surface area contributed by atoms with Crippen LogP contribution in [0.4, 0.5) is 18.9 Å². The highest BCUT2D eigenvalue weighted by atomic mass is 19.4. The van der Waals surface area contributed by atoms with Gasteiger partial charge in [-0.05, 0) is 55.4 Å². The first-order valence-corrected chi connectivity index (χ1v) is 7.01. The molecule has 1 amide bonds. The smallest absolute Gasteiger partial charge is 0.422 e. The Labute approximate surface area is 120 Å². The molecule has 0 bridgehead atoms. The number of hydrogen-bond donors (Lipinski definition) is 1. The number of carbonyl (C=O) groups excluding carboxylic acids is 1. The minimum atomic E-state index is -4.35. The molecule has 21 heavy (non-hydrogen) atoms. The van der Waals surface area contributed by atoms with Gasteiger partial charge in [-0.15, -0.1) is 0 Å². The highest BCUT2D eigenvalue weighted by Crippen LogP contribution is 2.54. The van der Waals surface area contributed by atoms with Crippen LogP contribution in [0.5, 0.6) is 5.75 Å². The van der Waals surface area contributed by atoms with Crippen molar-refractivity contribution in [3.8, 4) is 5.75 Å². The molecule has 0 heterocycles. The van der Waals surface area contributed by atoms with Crippen molar-refractivity contribution >= 4 is 11.6 Å². The first-order valence-electron chi connectivity index (χ1n) is 7.01. The first-order chi connectivity index (χ1) is 9.90. The van der Waals surface area contributed by atoms with Gasteiger partial charge in [0.25, 0.3) is 0 Å². The highest BCUT2D eigenvalue weighted by Gasteiger charge is 2.47. The van der Waals surface area contributed by atoms with Crippen LogP contribution in [0.1, 0.15) is 19.3 Å². The van der Waals surface area contributed by atoms with E-state index in [9.17, 15) is 18.0 Å². The number of ether oxygens (including phenoxy) is 1. The van der Waals surface area contributed by atoms with Crippen LogP contribution in [0.15, 0.2) is 24.3 Å². The number of alkyl halides is 3. The molecule has 2 aliphatic carbocycles. The Morgan fingerprint density at radius 2 is 1.76 bits per heavy atom. The lowest BCUT2D eigenvalue weighted by molar-refractivity contribution is -0.153. The predicted octanol–water partition coefficient (Wildman–Crippen LogP) is 3.61. The fourth-order valence-electron chi connectivity index (χ4n) is 2.97. The Hall–Kier alpha value is -1.72. The maximum absolute atomic E-state index is 12.0. The molecule has 0 aromatic heterocycles. The van der Waals surface area contributed by atoms with Crippen molar-refractivity contribution < 1.29 is 22.7 Å². The molecular weight excluding hydrogens is 283 g/mol. The van der Waals surface area contributed by atoms with Gasteiger partial charge in [-0.2, -0.15) is 13.2 Å². The first kappa shape index (κ1) is 14.2. The summed E-state index contributed by atoms with van der Waals surface area (Å²) in [6, 6.07) is 5.96. The third-order valence-corrected chi connectivity index (χ3v) is 4.14. The van der Waals surface area contributed by atoms with E-state index in [1.165, 1.54) is 18.6 Å². The number of benzene rings is 1. The van der Waals surface area contributed by atoms with Crippen LogP contribution in [-0.2, 0) is 4.79 Å². The van der Waals surface area contributed by atoms with Crippen molar-refractivity contribution in [3.63, 3.8) is 0 Å². The molecule has 3 nitrogen and oxygen atoms in total. The number of nitrogens with one attached hydrogen (secondary N) is 1. The second-order valence-electron chi connectivity index (χ2n) is 5.84. The van der Waals surface area contributed by atoms with Gasteiger partial charge >= 0.3 is 6.18 Å². The third-order valence-electron chi connectivity index (χ3n) is 4.14. The van der Waals surface area contributed by atoms with Crippen molar-refractivity contribution in [2.45, 2.75) is 25.4 Å². The Kier molecular flexibility index (Phi) is 3.55. The van der Waals surface area contributed by atoms with Crippen LogP contribution in [0.3, 0.4) is 0 Å². The number of anilines is 1. The van der Waals surface area contributed by atoms with Crippen molar-refractivity contribution in [2.75, 3.05) is 11.9 Å². The van der Waals surface area contributed by atoms with Crippen molar-refractivity contribution in [2.24, 2.45) is 17.8 Å². The zero-order valence-electron chi connectivity index (χ0n) is 11.3. The molecule has 1 aromatic rings. The molecule has 0 spiro atoms. The normalized spacial score (nSPS) is 27.1. The maximum Gasteiger partial charge on any atom is 0.422 e. The van der Waals surface area contributed by atoms with E-state index in [4.69, 9.17) is 0 Å². The average Bonchev–Trinajstić information content (AvgIpc) is 3.03. The SMILES string of the molecule is O=C(Nc1ccc(OCC(F)(F)F)cc1)C1CC2CC2C1. The molecule has 114 valence electrons. The number of hydrogen-bond acceptors (Lipinski definition) is 2. The summed E-state index contributed by atoms with van der Waals surface area (Å²) in [5.41, 5.74) is 0.583. The van der Waals surface area contributed by atoms with Crippen LogP contribution < -0.4 is 10.1 Å². The monoisotopic (exact) mass is 299 g/mol. The Balaban J connectivity index is 1.51. The van der Waals surface area contributed by atoms with E-state index in [2.05, 4.69) is 10.1 Å². The van der Waals surface area contributed by atoms with Gasteiger partial charge in [0, 0.05) is 11.6 Å². The molecule has 0 saturated heterocycles. The summed E-state index contributed by atoms with van der Waals surface area (Å²) in [6.07, 6.45) is -1.17. The van der Waals surface area contributed by atoms with Gasteiger partial charge in [0.05, 0.1) is 0 Å². The predicted molar refractivity (Wildman–Crippen MR) is 70.9 cm³/mol. The van der Waals surface area contributed by atoms with Crippen LogP contribution >= 0.6 is 0 Å². The van der Waals surface area contributed by atoms with Gasteiger partial charge < -0.3 is 10.1 Å². The summed E-state index contributed by atoms with van der Waals surface area (Å²) in [4.78, 5) is 12.0.